The highest BCUT2D eigenvalue weighted by molar-refractivity contribution is 6.04. The van der Waals surface area contributed by atoms with Crippen LogP contribution < -0.4 is 0 Å². The summed E-state index contributed by atoms with van der Waals surface area (Å²) in [4.78, 5) is 12.7. The first-order chi connectivity index (χ1) is 9.25. The van der Waals surface area contributed by atoms with E-state index in [9.17, 15) is 4.79 Å². The molecule has 0 unspecified atom stereocenters. The molecule has 0 aliphatic heterocycles. The summed E-state index contributed by atoms with van der Waals surface area (Å²) in [7, 11) is 0. The Morgan fingerprint density at radius 1 is 1.11 bits per heavy atom. The molecule has 2 saturated carbocycles. The molecule has 1 aromatic carbocycles. The van der Waals surface area contributed by atoms with Crippen molar-refractivity contribution >= 4 is 11.9 Å². The van der Waals surface area contributed by atoms with E-state index in [1.807, 2.05) is 18.2 Å². The van der Waals surface area contributed by atoms with Crippen molar-refractivity contribution < 1.29 is 4.79 Å². The minimum Gasteiger partial charge on any atom is -0.294 e. The minimum absolute atomic E-state index is 0.278. The number of carbonyl (C=O) groups excluding carboxylic acids is 1. The summed E-state index contributed by atoms with van der Waals surface area (Å²) in [6, 6.07) is 10.2. The molecule has 0 radical (unpaired) electrons. The van der Waals surface area contributed by atoms with Crippen molar-refractivity contribution in [1.82, 2.24) is 0 Å². The number of carbonyl (C=O) groups is 1. The second kappa shape index (κ2) is 3.93. The fourth-order valence-corrected chi connectivity index (χ4v) is 4.47. The highest BCUT2D eigenvalue weighted by Crippen LogP contribution is 2.57. The molecule has 0 N–H and O–H groups in total. The lowest BCUT2D eigenvalue weighted by Crippen LogP contribution is -2.20. The molecular weight excluding hydrogens is 232 g/mol. The van der Waals surface area contributed by atoms with Crippen LogP contribution in [0.1, 0.15) is 18.9 Å². The third-order valence-electron chi connectivity index (χ3n) is 5.30. The molecule has 0 heterocycles. The van der Waals surface area contributed by atoms with Crippen LogP contribution in [0, 0.1) is 29.6 Å². The Bertz CT molecular complexity index is 581. The molecule has 2 bridgehead atoms. The maximum Gasteiger partial charge on any atom is 0.163 e. The van der Waals surface area contributed by atoms with E-state index in [1.165, 1.54) is 6.42 Å². The topological polar surface area (TPSA) is 17.1 Å². The molecule has 0 spiro atoms. The summed E-state index contributed by atoms with van der Waals surface area (Å²) < 4.78 is 0. The van der Waals surface area contributed by atoms with Crippen molar-refractivity contribution in [2.24, 2.45) is 29.6 Å². The van der Waals surface area contributed by atoms with Crippen LogP contribution in [-0.2, 0) is 4.79 Å². The molecular formula is C18H18O. The van der Waals surface area contributed by atoms with Crippen molar-refractivity contribution in [2.75, 3.05) is 0 Å². The average molecular weight is 250 g/mol. The van der Waals surface area contributed by atoms with Gasteiger partial charge in [-0.05, 0) is 47.3 Å². The van der Waals surface area contributed by atoms with Crippen molar-refractivity contribution in [3.8, 4) is 0 Å². The molecule has 4 rings (SSSR count). The second-order valence-electron chi connectivity index (χ2n) is 6.21. The first-order valence-corrected chi connectivity index (χ1v) is 7.25. The molecule has 0 aromatic heterocycles. The van der Waals surface area contributed by atoms with Gasteiger partial charge >= 0.3 is 0 Å². The van der Waals surface area contributed by atoms with Gasteiger partial charge in [-0.25, -0.2) is 0 Å². The van der Waals surface area contributed by atoms with Crippen molar-refractivity contribution in [3.05, 3.63) is 53.6 Å². The third kappa shape index (κ3) is 1.51. The van der Waals surface area contributed by atoms with Crippen LogP contribution in [0.25, 0.3) is 6.08 Å². The van der Waals surface area contributed by atoms with E-state index in [1.54, 1.807) is 0 Å². The Morgan fingerprint density at radius 3 is 2.58 bits per heavy atom. The Morgan fingerprint density at radius 2 is 1.84 bits per heavy atom. The van der Waals surface area contributed by atoms with Gasteiger partial charge in [0.05, 0.1) is 0 Å². The minimum atomic E-state index is 0.278. The van der Waals surface area contributed by atoms with E-state index in [0.717, 1.165) is 11.1 Å². The summed E-state index contributed by atoms with van der Waals surface area (Å²) in [5.41, 5.74) is 2.21. The lowest BCUT2D eigenvalue weighted by Gasteiger charge is -2.21. The molecule has 3 aliphatic rings. The second-order valence-corrected chi connectivity index (χ2v) is 6.21. The number of hydrogen-bond acceptors (Lipinski definition) is 1. The van der Waals surface area contributed by atoms with Gasteiger partial charge in [0.1, 0.15) is 0 Å². The Labute approximate surface area is 114 Å². The summed E-state index contributed by atoms with van der Waals surface area (Å²) in [5, 5.41) is 0. The maximum atomic E-state index is 12.7. The monoisotopic (exact) mass is 250 g/mol. The Hall–Kier alpha value is -1.63. The van der Waals surface area contributed by atoms with Gasteiger partial charge in [0.25, 0.3) is 0 Å². The lowest BCUT2D eigenvalue weighted by atomic mass is 9.81. The molecule has 1 heteroatoms. The van der Waals surface area contributed by atoms with Gasteiger partial charge in [0.15, 0.2) is 5.78 Å². The summed E-state index contributed by atoms with van der Waals surface area (Å²) in [6.07, 6.45) is 7.96. The molecule has 96 valence electrons. The Kier molecular flexibility index (Phi) is 2.32. The average Bonchev–Trinajstić information content (AvgIpc) is 3.10. The summed E-state index contributed by atoms with van der Waals surface area (Å²) in [5.74, 6) is 2.84. The number of hydrogen-bond donors (Lipinski definition) is 0. The highest BCUT2D eigenvalue weighted by atomic mass is 16.1. The maximum absolute atomic E-state index is 12.7. The first kappa shape index (κ1) is 11.2. The van der Waals surface area contributed by atoms with E-state index in [0.29, 0.717) is 29.5 Å². The van der Waals surface area contributed by atoms with Crippen LogP contribution >= 0.6 is 0 Å². The first-order valence-electron chi connectivity index (χ1n) is 7.25. The van der Waals surface area contributed by atoms with E-state index < -0.39 is 0 Å². The standard InChI is InChI=1S/C18H18O/c1-11-15(9-12-5-3-2-4-6-12)18(19)17-14-8-7-13(10-14)16(11)17/h2-9,11,13-14,16-17H,10H2,1H3/t11-,13+,14-,16-,17+/m1/s1. The quantitative estimate of drug-likeness (QED) is 0.548. The molecule has 2 fully saturated rings. The van der Waals surface area contributed by atoms with Crippen LogP contribution in [0.3, 0.4) is 0 Å². The van der Waals surface area contributed by atoms with Crippen LogP contribution in [0.15, 0.2) is 48.1 Å². The van der Waals surface area contributed by atoms with E-state index in [-0.39, 0.29) is 5.92 Å². The van der Waals surface area contributed by atoms with Crippen LogP contribution in [0.4, 0.5) is 0 Å². The van der Waals surface area contributed by atoms with Gasteiger partial charge in [-0.3, -0.25) is 4.79 Å². The van der Waals surface area contributed by atoms with Crippen LogP contribution in [0.5, 0.6) is 0 Å². The largest absolute Gasteiger partial charge is 0.294 e. The number of fused-ring (bicyclic) bond motifs is 5. The van der Waals surface area contributed by atoms with E-state index >= 15 is 0 Å². The molecule has 5 atom stereocenters. The van der Waals surface area contributed by atoms with Crippen LogP contribution in [-0.4, -0.2) is 5.78 Å². The molecule has 1 aromatic rings. The molecule has 19 heavy (non-hydrogen) atoms. The normalized spacial score (nSPS) is 41.2. The van der Waals surface area contributed by atoms with E-state index in [2.05, 4.69) is 37.3 Å². The van der Waals surface area contributed by atoms with Gasteiger partial charge in [0, 0.05) is 5.92 Å². The van der Waals surface area contributed by atoms with Crippen LogP contribution in [0.2, 0.25) is 0 Å². The molecule has 3 aliphatic carbocycles. The summed E-state index contributed by atoms with van der Waals surface area (Å²) in [6.45, 7) is 2.24. The molecule has 0 amide bonds. The van der Waals surface area contributed by atoms with Gasteiger partial charge in [-0.1, -0.05) is 49.4 Å². The van der Waals surface area contributed by atoms with Gasteiger partial charge in [-0.2, -0.15) is 0 Å². The fourth-order valence-electron chi connectivity index (χ4n) is 4.47. The summed E-state index contributed by atoms with van der Waals surface area (Å²) >= 11 is 0. The molecule has 1 nitrogen and oxygen atoms in total. The number of benzene rings is 1. The SMILES string of the molecule is C[C@@H]1C(=Cc2ccccc2)C(=O)[C@@H]2[C@H]1[C@H]1C=C[C@@H]2C1. The fraction of sp³-hybridized carbons (Fsp3) is 0.389. The Balaban J connectivity index is 1.73. The zero-order valence-corrected chi connectivity index (χ0v) is 11.1. The number of rotatable bonds is 1. The van der Waals surface area contributed by atoms with Crippen molar-refractivity contribution in [3.63, 3.8) is 0 Å². The number of ketones is 1. The third-order valence-corrected chi connectivity index (χ3v) is 5.30. The number of allylic oxidation sites excluding steroid dienone is 3. The van der Waals surface area contributed by atoms with Gasteiger partial charge in [-0.15, -0.1) is 0 Å². The smallest absolute Gasteiger partial charge is 0.163 e. The zero-order valence-electron chi connectivity index (χ0n) is 11.1. The zero-order chi connectivity index (χ0) is 13.0. The van der Waals surface area contributed by atoms with Gasteiger partial charge in [0.2, 0.25) is 0 Å². The predicted molar refractivity (Wildman–Crippen MR) is 76.3 cm³/mol. The van der Waals surface area contributed by atoms with E-state index in [4.69, 9.17) is 0 Å². The highest BCUT2D eigenvalue weighted by Gasteiger charge is 2.56. The van der Waals surface area contributed by atoms with Crippen molar-refractivity contribution in [1.29, 1.82) is 0 Å². The lowest BCUT2D eigenvalue weighted by molar-refractivity contribution is -0.118. The molecule has 0 saturated heterocycles. The van der Waals surface area contributed by atoms with Gasteiger partial charge < -0.3 is 0 Å². The predicted octanol–water partition coefficient (Wildman–Crippen LogP) is 3.73. The van der Waals surface area contributed by atoms with Crippen molar-refractivity contribution in [2.45, 2.75) is 13.3 Å². The number of Topliss-reactive ketones (excluding diaryl/α,β-unsaturated/α-hetero) is 1.